The topological polar surface area (TPSA) is 13.1 Å². The second kappa shape index (κ2) is 11.8. The SMILES string of the molecule is Cc1cocc1-c1c2ccccc2c(-c2ccc3c(c2)sc2ccc(-c4c5ccccc5c(-c5ccccc5)c5ccccc45)cc23)c2ccccc12. The summed E-state index contributed by atoms with van der Waals surface area (Å²) in [4.78, 5) is 0. The zero-order chi connectivity index (χ0) is 35.0. The summed E-state index contributed by atoms with van der Waals surface area (Å²) in [5, 5.41) is 12.7. The zero-order valence-corrected chi connectivity index (χ0v) is 29.9. The molecule has 53 heavy (non-hydrogen) atoms. The normalized spacial score (nSPS) is 11.9. The molecule has 1 nitrogen and oxygen atoms in total. The van der Waals surface area contributed by atoms with Crippen LogP contribution in [0.2, 0.25) is 0 Å². The predicted molar refractivity (Wildman–Crippen MR) is 228 cm³/mol. The maximum atomic E-state index is 5.69. The Bertz CT molecular complexity index is 3120. The highest BCUT2D eigenvalue weighted by molar-refractivity contribution is 7.25. The molecule has 2 heteroatoms. The molecular weight excluding hydrogens is 661 g/mol. The second-order valence-corrected chi connectivity index (χ2v) is 15.1. The van der Waals surface area contributed by atoms with Crippen LogP contribution in [0.5, 0.6) is 0 Å². The molecule has 0 atom stereocenters. The van der Waals surface area contributed by atoms with E-state index in [-0.39, 0.29) is 0 Å². The van der Waals surface area contributed by atoms with Gasteiger partial charge in [-0.1, -0.05) is 146 Å². The molecule has 9 aromatic carbocycles. The monoisotopic (exact) mass is 692 g/mol. The molecule has 11 aromatic rings. The molecule has 0 aliphatic carbocycles. The van der Waals surface area contributed by atoms with Gasteiger partial charge in [0.1, 0.15) is 0 Å². The third kappa shape index (κ3) is 4.56. The van der Waals surface area contributed by atoms with Crippen molar-refractivity contribution < 1.29 is 4.42 Å². The summed E-state index contributed by atoms with van der Waals surface area (Å²) >= 11 is 1.88. The van der Waals surface area contributed by atoms with E-state index in [9.17, 15) is 0 Å². The largest absolute Gasteiger partial charge is 0.472 e. The smallest absolute Gasteiger partial charge is 0.0984 e. The highest BCUT2D eigenvalue weighted by Crippen LogP contribution is 2.48. The van der Waals surface area contributed by atoms with Gasteiger partial charge in [-0.25, -0.2) is 0 Å². The van der Waals surface area contributed by atoms with Gasteiger partial charge in [0.05, 0.1) is 12.5 Å². The zero-order valence-electron chi connectivity index (χ0n) is 29.1. The van der Waals surface area contributed by atoms with Crippen LogP contribution in [0.3, 0.4) is 0 Å². The van der Waals surface area contributed by atoms with Gasteiger partial charge < -0.3 is 4.42 Å². The minimum atomic E-state index is 1.15. The molecule has 0 amide bonds. The van der Waals surface area contributed by atoms with Crippen LogP contribution >= 0.6 is 11.3 Å². The quantitative estimate of drug-likeness (QED) is 0.167. The maximum absolute atomic E-state index is 5.69. The van der Waals surface area contributed by atoms with Crippen molar-refractivity contribution in [2.75, 3.05) is 0 Å². The van der Waals surface area contributed by atoms with Crippen molar-refractivity contribution >= 4 is 74.6 Å². The molecular formula is C51H32OS. The first-order chi connectivity index (χ1) is 26.2. The Morgan fingerprint density at radius 2 is 0.792 bits per heavy atom. The standard InChI is InChI=1S/C51H32OS/c1-31-29-52-30-45(31)51-42-21-11-9-19-40(42)50(41-20-10-12-22-43(41)51)34-23-25-35-44-27-33(24-26-46(44)53-47(35)28-34)49-38-17-7-5-15-36(38)48(32-13-3-2-4-14-32)37-16-6-8-18-39(37)49/h2-30H,1H3. The average Bonchev–Trinajstić information content (AvgIpc) is 3.81. The highest BCUT2D eigenvalue weighted by atomic mass is 32.1. The van der Waals surface area contributed by atoms with Crippen molar-refractivity contribution in [2.24, 2.45) is 0 Å². The van der Waals surface area contributed by atoms with Gasteiger partial charge in [0, 0.05) is 31.3 Å². The number of fused-ring (bicyclic) bond motifs is 7. The number of benzene rings is 9. The van der Waals surface area contributed by atoms with Gasteiger partial charge in [-0.3, -0.25) is 0 Å². The Balaban J connectivity index is 1.13. The van der Waals surface area contributed by atoms with Crippen LogP contribution in [0.15, 0.2) is 181 Å². The first-order valence-electron chi connectivity index (χ1n) is 18.2. The third-order valence-corrected chi connectivity index (χ3v) is 12.2. The number of aryl methyl sites for hydroxylation is 1. The van der Waals surface area contributed by atoms with E-state index in [1.807, 2.05) is 23.9 Å². The lowest BCUT2D eigenvalue weighted by molar-refractivity contribution is 0.566. The molecule has 0 unspecified atom stereocenters. The van der Waals surface area contributed by atoms with E-state index in [1.165, 1.54) is 102 Å². The average molecular weight is 693 g/mol. The van der Waals surface area contributed by atoms with Crippen LogP contribution in [0.1, 0.15) is 5.56 Å². The Kier molecular flexibility index (Phi) is 6.71. The fraction of sp³-hybridized carbons (Fsp3) is 0.0196. The van der Waals surface area contributed by atoms with Gasteiger partial charge in [0.15, 0.2) is 0 Å². The molecule has 0 N–H and O–H groups in total. The van der Waals surface area contributed by atoms with E-state index in [2.05, 4.69) is 171 Å². The Hall–Kier alpha value is -6.48. The van der Waals surface area contributed by atoms with Gasteiger partial charge in [-0.05, 0) is 107 Å². The van der Waals surface area contributed by atoms with E-state index in [4.69, 9.17) is 4.42 Å². The summed E-state index contributed by atoms with van der Waals surface area (Å²) in [6, 6.07) is 60.5. The Labute approximate surface area is 311 Å². The maximum Gasteiger partial charge on any atom is 0.0984 e. The van der Waals surface area contributed by atoms with Crippen molar-refractivity contribution in [3.05, 3.63) is 182 Å². The van der Waals surface area contributed by atoms with Crippen LogP contribution in [0.4, 0.5) is 0 Å². The van der Waals surface area contributed by atoms with Crippen LogP contribution in [-0.4, -0.2) is 0 Å². The van der Waals surface area contributed by atoms with Crippen molar-refractivity contribution in [3.63, 3.8) is 0 Å². The molecule has 248 valence electrons. The van der Waals surface area contributed by atoms with E-state index in [0.29, 0.717) is 0 Å². The molecule has 0 aliphatic heterocycles. The third-order valence-electron chi connectivity index (χ3n) is 11.1. The van der Waals surface area contributed by atoms with Crippen molar-refractivity contribution in [3.8, 4) is 44.5 Å². The summed E-state index contributed by atoms with van der Waals surface area (Å²) in [5.41, 5.74) is 11.1. The van der Waals surface area contributed by atoms with E-state index in [0.717, 1.165) is 11.1 Å². The Morgan fingerprint density at radius 3 is 1.30 bits per heavy atom. The summed E-state index contributed by atoms with van der Waals surface area (Å²) in [6.45, 7) is 2.13. The van der Waals surface area contributed by atoms with Gasteiger partial charge in [-0.15, -0.1) is 11.3 Å². The summed E-state index contributed by atoms with van der Waals surface area (Å²) in [6.07, 6.45) is 3.74. The number of furan rings is 1. The van der Waals surface area contributed by atoms with Crippen LogP contribution in [0, 0.1) is 6.92 Å². The first-order valence-corrected chi connectivity index (χ1v) is 19.0. The molecule has 0 spiro atoms. The molecule has 0 saturated carbocycles. The summed E-state index contributed by atoms with van der Waals surface area (Å²) < 4.78 is 8.29. The number of thiophene rings is 1. The number of hydrogen-bond acceptors (Lipinski definition) is 2. The molecule has 2 heterocycles. The van der Waals surface area contributed by atoms with Crippen LogP contribution in [0.25, 0.3) is 108 Å². The minimum absolute atomic E-state index is 1.15. The van der Waals surface area contributed by atoms with Gasteiger partial charge in [-0.2, -0.15) is 0 Å². The molecule has 2 aromatic heterocycles. The fourth-order valence-corrected chi connectivity index (χ4v) is 9.92. The molecule has 0 radical (unpaired) electrons. The molecule has 0 saturated heterocycles. The lowest BCUT2D eigenvalue weighted by Gasteiger charge is -2.18. The highest BCUT2D eigenvalue weighted by Gasteiger charge is 2.20. The summed E-state index contributed by atoms with van der Waals surface area (Å²) in [5.74, 6) is 0. The fourth-order valence-electron chi connectivity index (χ4n) is 8.79. The number of rotatable bonds is 4. The number of hydrogen-bond donors (Lipinski definition) is 0. The van der Waals surface area contributed by atoms with Crippen LogP contribution < -0.4 is 0 Å². The lowest BCUT2D eigenvalue weighted by atomic mass is 9.85. The molecule has 0 fully saturated rings. The van der Waals surface area contributed by atoms with E-state index >= 15 is 0 Å². The molecule has 11 rings (SSSR count). The van der Waals surface area contributed by atoms with Gasteiger partial charge in [0.2, 0.25) is 0 Å². The summed E-state index contributed by atoms with van der Waals surface area (Å²) in [7, 11) is 0. The van der Waals surface area contributed by atoms with Crippen molar-refractivity contribution in [1.29, 1.82) is 0 Å². The predicted octanol–water partition coefficient (Wildman–Crippen LogP) is 15.2. The molecule has 0 bridgehead atoms. The second-order valence-electron chi connectivity index (χ2n) is 14.0. The van der Waals surface area contributed by atoms with Gasteiger partial charge >= 0.3 is 0 Å². The van der Waals surface area contributed by atoms with E-state index < -0.39 is 0 Å². The molecule has 0 aliphatic rings. The minimum Gasteiger partial charge on any atom is -0.472 e. The lowest BCUT2D eigenvalue weighted by Crippen LogP contribution is -1.91. The van der Waals surface area contributed by atoms with Crippen molar-refractivity contribution in [1.82, 2.24) is 0 Å². The van der Waals surface area contributed by atoms with Crippen molar-refractivity contribution in [2.45, 2.75) is 6.92 Å². The van der Waals surface area contributed by atoms with E-state index in [1.54, 1.807) is 0 Å². The van der Waals surface area contributed by atoms with Crippen LogP contribution in [-0.2, 0) is 0 Å². The Morgan fingerprint density at radius 1 is 0.340 bits per heavy atom. The first kappa shape index (κ1) is 30.2. The van der Waals surface area contributed by atoms with Gasteiger partial charge in [0.25, 0.3) is 0 Å².